The van der Waals surface area contributed by atoms with Gasteiger partial charge in [0.25, 0.3) is 0 Å². The van der Waals surface area contributed by atoms with Crippen LogP contribution < -0.4 is 0 Å². The highest BCUT2D eigenvalue weighted by molar-refractivity contribution is 9.10. The maximum Gasteiger partial charge on any atom is 0.0550 e. The van der Waals surface area contributed by atoms with E-state index in [1.807, 2.05) is 18.2 Å². The molecule has 0 aliphatic rings. The Morgan fingerprint density at radius 2 is 2.18 bits per heavy atom. The van der Waals surface area contributed by atoms with Gasteiger partial charge >= 0.3 is 0 Å². The van der Waals surface area contributed by atoms with Crippen molar-refractivity contribution >= 4 is 27.5 Å². The molecule has 0 aliphatic heterocycles. The molecular weight excluding hydrogens is 227 g/mol. The Morgan fingerprint density at radius 1 is 1.45 bits per heavy atom. The zero-order valence-corrected chi connectivity index (χ0v) is 8.19. The van der Waals surface area contributed by atoms with Crippen LogP contribution in [0.5, 0.6) is 0 Å². The Kier molecular flexibility index (Phi) is 3.37. The average Bonchev–Trinajstić information content (AvgIpc) is 1.99. The van der Waals surface area contributed by atoms with Gasteiger partial charge in [0.15, 0.2) is 0 Å². The third-order valence-electron chi connectivity index (χ3n) is 1.41. The molecule has 0 aromatic heterocycles. The Labute approximate surface area is 79.1 Å². The van der Waals surface area contributed by atoms with Gasteiger partial charge in [0, 0.05) is 11.1 Å². The fourth-order valence-corrected chi connectivity index (χ4v) is 1.52. The van der Waals surface area contributed by atoms with E-state index >= 15 is 0 Å². The van der Waals surface area contributed by atoms with Crippen molar-refractivity contribution in [1.29, 1.82) is 0 Å². The van der Waals surface area contributed by atoms with Gasteiger partial charge in [-0.2, -0.15) is 0 Å². The molecule has 1 aromatic carbocycles. The summed E-state index contributed by atoms with van der Waals surface area (Å²) in [6.45, 7) is 0.152. The summed E-state index contributed by atoms with van der Waals surface area (Å²) in [5, 5.41) is 9.36. The van der Waals surface area contributed by atoms with Crippen molar-refractivity contribution < 1.29 is 5.11 Å². The molecule has 0 fully saturated rings. The van der Waals surface area contributed by atoms with Gasteiger partial charge < -0.3 is 5.11 Å². The molecule has 1 nitrogen and oxygen atoms in total. The lowest BCUT2D eigenvalue weighted by Gasteiger charge is -2.02. The van der Waals surface area contributed by atoms with Gasteiger partial charge in [-0.25, -0.2) is 0 Å². The summed E-state index contributed by atoms with van der Waals surface area (Å²) in [4.78, 5) is 0. The van der Waals surface area contributed by atoms with Crippen LogP contribution >= 0.6 is 27.5 Å². The number of aliphatic hydroxyl groups is 1. The molecule has 0 bridgehead atoms. The maximum absolute atomic E-state index is 8.67. The number of hydrogen-bond acceptors (Lipinski definition) is 1. The van der Waals surface area contributed by atoms with E-state index in [9.17, 15) is 0 Å². The van der Waals surface area contributed by atoms with Crippen LogP contribution in [0, 0.1) is 0 Å². The Balaban J connectivity index is 2.96. The van der Waals surface area contributed by atoms with Crippen LogP contribution in [-0.2, 0) is 6.42 Å². The van der Waals surface area contributed by atoms with Gasteiger partial charge in [-0.1, -0.05) is 23.7 Å². The maximum atomic E-state index is 8.67. The van der Waals surface area contributed by atoms with Crippen molar-refractivity contribution in [2.45, 2.75) is 6.42 Å². The molecule has 0 spiro atoms. The van der Waals surface area contributed by atoms with E-state index in [0.717, 1.165) is 10.0 Å². The third kappa shape index (κ3) is 2.19. The highest BCUT2D eigenvalue weighted by Gasteiger charge is 2.01. The van der Waals surface area contributed by atoms with Gasteiger partial charge in [0.1, 0.15) is 0 Å². The van der Waals surface area contributed by atoms with Crippen molar-refractivity contribution in [3.63, 3.8) is 0 Å². The molecule has 3 heteroatoms. The minimum absolute atomic E-state index is 0.152. The van der Waals surface area contributed by atoms with E-state index in [1.54, 1.807) is 0 Å². The standard InChI is InChI=1S/C8H8BrClO/c9-8-6(4-5-11)2-1-3-7(8)10/h1-3,11H,4-5H2. The summed E-state index contributed by atoms with van der Waals surface area (Å²) in [5.74, 6) is 0. The number of rotatable bonds is 2. The van der Waals surface area contributed by atoms with Crippen LogP contribution in [0.3, 0.4) is 0 Å². The predicted molar refractivity (Wildman–Crippen MR) is 49.9 cm³/mol. The van der Waals surface area contributed by atoms with Gasteiger partial charge in [-0.05, 0) is 34.0 Å². The molecule has 0 saturated carbocycles. The van der Waals surface area contributed by atoms with Crippen molar-refractivity contribution in [2.24, 2.45) is 0 Å². The summed E-state index contributed by atoms with van der Waals surface area (Å²) < 4.78 is 0.885. The fourth-order valence-electron chi connectivity index (χ4n) is 0.862. The topological polar surface area (TPSA) is 20.2 Å². The molecule has 1 aromatic rings. The lowest BCUT2D eigenvalue weighted by atomic mass is 10.2. The zero-order chi connectivity index (χ0) is 8.27. The lowest BCUT2D eigenvalue weighted by Crippen LogP contribution is -1.91. The first-order valence-electron chi connectivity index (χ1n) is 3.29. The van der Waals surface area contributed by atoms with Gasteiger partial charge in [0.05, 0.1) is 5.02 Å². The summed E-state index contributed by atoms with van der Waals surface area (Å²) in [6, 6.07) is 5.62. The predicted octanol–water partition coefficient (Wildman–Crippen LogP) is 2.64. The fraction of sp³-hybridized carbons (Fsp3) is 0.250. The molecule has 1 rings (SSSR count). The summed E-state index contributed by atoms with van der Waals surface area (Å²) in [5.41, 5.74) is 1.04. The minimum Gasteiger partial charge on any atom is -0.396 e. The molecule has 0 saturated heterocycles. The number of halogens is 2. The average molecular weight is 236 g/mol. The molecule has 0 atom stereocenters. The molecular formula is C8H8BrClO. The number of benzene rings is 1. The normalized spacial score (nSPS) is 10.1. The molecule has 1 N–H and O–H groups in total. The summed E-state index contributed by atoms with van der Waals surface area (Å²) in [6.07, 6.45) is 0.640. The van der Waals surface area contributed by atoms with Crippen molar-refractivity contribution in [3.05, 3.63) is 33.3 Å². The molecule has 11 heavy (non-hydrogen) atoms. The Bertz CT molecular complexity index is 250. The van der Waals surface area contributed by atoms with Crippen LogP contribution in [0.1, 0.15) is 5.56 Å². The quantitative estimate of drug-likeness (QED) is 0.835. The smallest absolute Gasteiger partial charge is 0.0550 e. The van der Waals surface area contributed by atoms with Crippen LogP contribution in [0.4, 0.5) is 0 Å². The monoisotopic (exact) mass is 234 g/mol. The SMILES string of the molecule is OCCc1cccc(Cl)c1Br. The van der Waals surface area contributed by atoms with Crippen LogP contribution in [0.25, 0.3) is 0 Å². The first kappa shape index (κ1) is 9.04. The Morgan fingerprint density at radius 3 is 2.82 bits per heavy atom. The van der Waals surface area contributed by atoms with E-state index in [0.29, 0.717) is 11.4 Å². The van der Waals surface area contributed by atoms with Gasteiger partial charge in [0.2, 0.25) is 0 Å². The number of hydrogen-bond donors (Lipinski definition) is 1. The minimum atomic E-state index is 0.152. The highest BCUT2D eigenvalue weighted by atomic mass is 79.9. The van der Waals surface area contributed by atoms with Crippen molar-refractivity contribution in [3.8, 4) is 0 Å². The second-order valence-corrected chi connectivity index (χ2v) is 3.39. The lowest BCUT2D eigenvalue weighted by molar-refractivity contribution is 0.299. The van der Waals surface area contributed by atoms with Gasteiger partial charge in [-0.3, -0.25) is 0 Å². The van der Waals surface area contributed by atoms with Crippen LogP contribution in [0.15, 0.2) is 22.7 Å². The van der Waals surface area contributed by atoms with Crippen molar-refractivity contribution in [2.75, 3.05) is 6.61 Å². The van der Waals surface area contributed by atoms with Gasteiger partial charge in [-0.15, -0.1) is 0 Å². The van der Waals surface area contributed by atoms with E-state index in [4.69, 9.17) is 16.7 Å². The third-order valence-corrected chi connectivity index (χ3v) is 2.89. The highest BCUT2D eigenvalue weighted by Crippen LogP contribution is 2.26. The first-order chi connectivity index (χ1) is 5.25. The van der Waals surface area contributed by atoms with E-state index < -0.39 is 0 Å². The molecule has 0 aliphatic carbocycles. The van der Waals surface area contributed by atoms with E-state index in [1.165, 1.54) is 0 Å². The van der Waals surface area contributed by atoms with Crippen LogP contribution in [0.2, 0.25) is 5.02 Å². The molecule has 0 amide bonds. The first-order valence-corrected chi connectivity index (χ1v) is 4.46. The molecule has 0 unspecified atom stereocenters. The second kappa shape index (κ2) is 4.10. The van der Waals surface area contributed by atoms with Crippen LogP contribution in [-0.4, -0.2) is 11.7 Å². The van der Waals surface area contributed by atoms with Crippen molar-refractivity contribution in [1.82, 2.24) is 0 Å². The van der Waals surface area contributed by atoms with E-state index in [-0.39, 0.29) is 6.61 Å². The Hall–Kier alpha value is -0.0500. The molecule has 60 valence electrons. The summed E-state index contributed by atoms with van der Waals surface area (Å²) in [7, 11) is 0. The number of aliphatic hydroxyl groups excluding tert-OH is 1. The second-order valence-electron chi connectivity index (χ2n) is 2.19. The largest absolute Gasteiger partial charge is 0.396 e. The molecule has 0 radical (unpaired) electrons. The molecule has 0 heterocycles. The van der Waals surface area contributed by atoms with E-state index in [2.05, 4.69) is 15.9 Å². The zero-order valence-electron chi connectivity index (χ0n) is 5.85. The summed E-state index contributed by atoms with van der Waals surface area (Å²) >= 11 is 9.16.